The van der Waals surface area contributed by atoms with Gasteiger partial charge in [-0.3, -0.25) is 14.3 Å². The summed E-state index contributed by atoms with van der Waals surface area (Å²) >= 11 is 0. The Kier molecular flexibility index (Phi) is 4.37. The highest BCUT2D eigenvalue weighted by Gasteiger charge is 2.53. The summed E-state index contributed by atoms with van der Waals surface area (Å²) in [7, 11) is 1.58. The van der Waals surface area contributed by atoms with E-state index in [0.29, 0.717) is 5.75 Å². The van der Waals surface area contributed by atoms with Crippen LogP contribution in [0.1, 0.15) is 18.1 Å². The Morgan fingerprint density at radius 3 is 2.50 bits per heavy atom. The lowest BCUT2D eigenvalue weighted by Crippen LogP contribution is -2.36. The molecule has 1 aromatic heterocycles. The molecule has 0 saturated carbocycles. The number of aliphatic hydroxyl groups excluding tert-OH is 1. The molecule has 2 aliphatic heterocycles. The van der Waals surface area contributed by atoms with Gasteiger partial charge in [0.1, 0.15) is 24.1 Å². The smallest absolute Gasteiger partial charge is 0.330 e. The van der Waals surface area contributed by atoms with Gasteiger partial charge in [-0.2, -0.15) is 0 Å². The highest BCUT2D eigenvalue weighted by atomic mass is 16.8. The summed E-state index contributed by atoms with van der Waals surface area (Å²) in [5.74, 6) is 0.709. The molecule has 0 amide bonds. The number of hydrogen-bond acceptors (Lipinski definition) is 7. The zero-order valence-corrected chi connectivity index (χ0v) is 13.9. The average Bonchev–Trinajstić information content (AvgIpc) is 3.21. The minimum absolute atomic E-state index is 0.283. The van der Waals surface area contributed by atoms with Crippen LogP contribution in [0.4, 0.5) is 0 Å². The zero-order chi connectivity index (χ0) is 18.3. The summed E-state index contributed by atoms with van der Waals surface area (Å²) < 4.78 is 24.0. The first kappa shape index (κ1) is 17.0. The maximum Gasteiger partial charge on any atom is 0.330 e. The van der Waals surface area contributed by atoms with Crippen LogP contribution < -0.4 is 16.0 Å². The molecule has 2 fully saturated rings. The maximum absolute atomic E-state index is 12.1. The quantitative estimate of drug-likeness (QED) is 0.782. The molecular formula is C17H18N2O7. The van der Waals surface area contributed by atoms with Crippen LogP contribution in [0, 0.1) is 0 Å². The molecule has 4 rings (SSSR count). The summed E-state index contributed by atoms with van der Waals surface area (Å²) in [6.45, 7) is -0.283. The van der Waals surface area contributed by atoms with E-state index in [1.165, 1.54) is 16.8 Å². The third-order valence-electron chi connectivity index (χ3n) is 4.54. The van der Waals surface area contributed by atoms with Crippen molar-refractivity contribution in [3.8, 4) is 5.75 Å². The van der Waals surface area contributed by atoms with Crippen LogP contribution in [0.5, 0.6) is 5.75 Å². The summed E-state index contributed by atoms with van der Waals surface area (Å²) in [6.07, 6.45) is -1.93. The van der Waals surface area contributed by atoms with Crippen molar-refractivity contribution in [2.24, 2.45) is 0 Å². The van der Waals surface area contributed by atoms with Gasteiger partial charge in [0, 0.05) is 17.8 Å². The predicted molar refractivity (Wildman–Crippen MR) is 87.8 cm³/mol. The monoisotopic (exact) mass is 362 g/mol. The number of nitrogens with one attached hydrogen (secondary N) is 1. The molecule has 138 valence electrons. The van der Waals surface area contributed by atoms with E-state index >= 15 is 0 Å². The Hall–Kier alpha value is -2.46. The van der Waals surface area contributed by atoms with Crippen LogP contribution in [0.3, 0.4) is 0 Å². The molecule has 2 aliphatic rings. The second-order valence-electron chi connectivity index (χ2n) is 6.07. The van der Waals surface area contributed by atoms with Gasteiger partial charge < -0.3 is 24.1 Å². The normalized spacial score (nSPS) is 30.3. The number of nitrogens with zero attached hydrogens (tertiary/aromatic N) is 1. The molecule has 0 spiro atoms. The highest BCUT2D eigenvalue weighted by molar-refractivity contribution is 5.28. The Morgan fingerprint density at radius 1 is 1.12 bits per heavy atom. The Labute approximate surface area is 147 Å². The van der Waals surface area contributed by atoms with Gasteiger partial charge in [-0.1, -0.05) is 12.1 Å². The summed E-state index contributed by atoms with van der Waals surface area (Å²) in [5.41, 5.74) is -0.333. The van der Waals surface area contributed by atoms with E-state index in [9.17, 15) is 14.7 Å². The van der Waals surface area contributed by atoms with Gasteiger partial charge in [0.05, 0.1) is 13.7 Å². The van der Waals surface area contributed by atoms with E-state index in [1.807, 2.05) is 12.1 Å². The second kappa shape index (κ2) is 6.69. The van der Waals surface area contributed by atoms with Gasteiger partial charge in [0.2, 0.25) is 0 Å². The molecule has 0 radical (unpaired) electrons. The van der Waals surface area contributed by atoms with E-state index in [4.69, 9.17) is 18.9 Å². The van der Waals surface area contributed by atoms with E-state index in [-0.39, 0.29) is 6.61 Å². The molecule has 9 heteroatoms. The van der Waals surface area contributed by atoms with Crippen molar-refractivity contribution in [3.05, 3.63) is 62.9 Å². The van der Waals surface area contributed by atoms with Gasteiger partial charge in [-0.25, -0.2) is 4.79 Å². The van der Waals surface area contributed by atoms with Crippen molar-refractivity contribution >= 4 is 0 Å². The minimum Gasteiger partial charge on any atom is -0.497 e. The molecule has 2 N–H and O–H groups in total. The number of aromatic amines is 1. The largest absolute Gasteiger partial charge is 0.497 e. The first-order valence-corrected chi connectivity index (χ1v) is 8.13. The topological polar surface area (TPSA) is 112 Å². The second-order valence-corrected chi connectivity index (χ2v) is 6.07. The molecule has 2 aromatic rings. The average molecular weight is 362 g/mol. The number of methoxy groups -OCH3 is 1. The number of benzene rings is 1. The maximum atomic E-state index is 12.1. The molecule has 5 atom stereocenters. The van der Waals surface area contributed by atoms with E-state index in [0.717, 1.165) is 5.56 Å². The number of aromatic nitrogens is 2. The van der Waals surface area contributed by atoms with Gasteiger partial charge >= 0.3 is 5.69 Å². The molecule has 0 aliphatic carbocycles. The number of fused-ring (bicyclic) bond motifs is 1. The number of ether oxygens (including phenoxy) is 4. The standard InChI is InChI=1S/C17H18N2O7/c1-23-10-4-2-9(3-5-10)16-25-13-11(8-20)24-15(14(13)26-16)19-7-6-12(21)18-17(19)22/h2-7,11,13-16,20H,8H2,1H3,(H,18,21,22). The first-order chi connectivity index (χ1) is 12.6. The summed E-state index contributed by atoms with van der Waals surface area (Å²) in [5, 5.41) is 9.59. The molecule has 3 heterocycles. The number of hydrogen-bond donors (Lipinski definition) is 2. The highest BCUT2D eigenvalue weighted by Crippen LogP contribution is 2.43. The fraction of sp³-hybridized carbons (Fsp3) is 0.412. The Morgan fingerprint density at radius 2 is 1.85 bits per heavy atom. The third kappa shape index (κ3) is 2.84. The summed E-state index contributed by atoms with van der Waals surface area (Å²) in [4.78, 5) is 25.5. The molecule has 2 saturated heterocycles. The number of rotatable bonds is 4. The number of aliphatic hydroxyl groups is 1. The van der Waals surface area contributed by atoms with Crippen molar-refractivity contribution in [1.29, 1.82) is 0 Å². The van der Waals surface area contributed by atoms with Gasteiger partial charge in [-0.05, 0) is 12.1 Å². The summed E-state index contributed by atoms with van der Waals surface area (Å²) in [6, 6.07) is 8.45. The van der Waals surface area contributed by atoms with E-state index < -0.39 is 42.1 Å². The van der Waals surface area contributed by atoms with Gasteiger partial charge in [0.25, 0.3) is 5.56 Å². The van der Waals surface area contributed by atoms with E-state index in [1.54, 1.807) is 19.2 Å². The van der Waals surface area contributed by atoms with Crippen molar-refractivity contribution in [1.82, 2.24) is 9.55 Å². The van der Waals surface area contributed by atoms with Gasteiger partial charge in [-0.15, -0.1) is 0 Å². The lowest BCUT2D eigenvalue weighted by atomic mass is 10.1. The molecule has 1 aromatic carbocycles. The SMILES string of the molecule is COc1ccc(C2OC3C(CO)OC(n4ccc(=O)[nH]c4=O)C3O2)cc1. The third-order valence-corrected chi connectivity index (χ3v) is 4.54. The fourth-order valence-electron chi connectivity index (χ4n) is 3.25. The van der Waals surface area contributed by atoms with Crippen molar-refractivity contribution < 1.29 is 24.1 Å². The van der Waals surface area contributed by atoms with Crippen LogP contribution in [-0.2, 0) is 14.2 Å². The van der Waals surface area contributed by atoms with Crippen LogP contribution in [-0.4, -0.2) is 46.7 Å². The van der Waals surface area contributed by atoms with Crippen molar-refractivity contribution in [3.63, 3.8) is 0 Å². The lowest BCUT2D eigenvalue weighted by Gasteiger charge is -2.21. The van der Waals surface area contributed by atoms with Crippen molar-refractivity contribution in [2.45, 2.75) is 30.8 Å². The van der Waals surface area contributed by atoms with Crippen LogP contribution in [0.25, 0.3) is 0 Å². The van der Waals surface area contributed by atoms with E-state index in [2.05, 4.69) is 4.98 Å². The molecular weight excluding hydrogens is 344 g/mol. The van der Waals surface area contributed by atoms with Gasteiger partial charge in [0.15, 0.2) is 12.5 Å². The molecule has 5 unspecified atom stereocenters. The van der Waals surface area contributed by atoms with Crippen LogP contribution in [0.15, 0.2) is 46.1 Å². The molecule has 0 bridgehead atoms. The molecule has 26 heavy (non-hydrogen) atoms. The fourth-order valence-corrected chi connectivity index (χ4v) is 3.25. The zero-order valence-electron chi connectivity index (χ0n) is 13.9. The van der Waals surface area contributed by atoms with Crippen LogP contribution in [0.2, 0.25) is 0 Å². The Bertz CT molecular complexity index is 891. The minimum atomic E-state index is -0.815. The predicted octanol–water partition coefficient (Wildman–Crippen LogP) is -0.0823. The van der Waals surface area contributed by atoms with Crippen LogP contribution >= 0.6 is 0 Å². The Balaban J connectivity index is 1.62. The lowest BCUT2D eigenvalue weighted by molar-refractivity contribution is -0.155. The number of H-pyrrole nitrogens is 1. The first-order valence-electron chi connectivity index (χ1n) is 8.13. The van der Waals surface area contributed by atoms with Crippen molar-refractivity contribution in [2.75, 3.05) is 13.7 Å². The molecule has 9 nitrogen and oxygen atoms in total.